The normalized spacial score (nSPS) is 16.6. The van der Waals surface area contributed by atoms with Gasteiger partial charge in [-0.05, 0) is 42.9 Å². The highest BCUT2D eigenvalue weighted by molar-refractivity contribution is 6.31. The molecular weight excluding hydrogens is 338 g/mol. The Morgan fingerprint density at radius 2 is 2.04 bits per heavy atom. The van der Waals surface area contributed by atoms with E-state index in [2.05, 4.69) is 4.98 Å². The van der Waals surface area contributed by atoms with Gasteiger partial charge in [-0.15, -0.1) is 0 Å². The van der Waals surface area contributed by atoms with Crippen LogP contribution in [-0.4, -0.2) is 23.3 Å². The molecule has 0 aliphatic heterocycles. The highest BCUT2D eigenvalue weighted by atomic mass is 35.5. The Bertz CT molecular complexity index is 809. The van der Waals surface area contributed by atoms with Gasteiger partial charge in [0.15, 0.2) is 5.78 Å². The molecule has 1 aliphatic rings. The summed E-state index contributed by atoms with van der Waals surface area (Å²) in [6.45, 7) is 4.12. The average molecular weight is 360 g/mol. The monoisotopic (exact) mass is 359 g/mol. The third-order valence-electron chi connectivity index (χ3n) is 4.67. The van der Waals surface area contributed by atoms with Gasteiger partial charge in [-0.2, -0.15) is 0 Å². The number of H-pyrrole nitrogens is 1. The summed E-state index contributed by atoms with van der Waals surface area (Å²) < 4.78 is 5.16. The fourth-order valence-corrected chi connectivity index (χ4v) is 3.92. The highest BCUT2D eigenvalue weighted by Crippen LogP contribution is 2.38. The molecule has 1 heterocycles. The minimum absolute atomic E-state index is 0.0249. The Morgan fingerprint density at radius 1 is 1.28 bits per heavy atom. The minimum Gasteiger partial charge on any atom is -0.461 e. The number of hydrogen-bond donors (Lipinski definition) is 1. The highest BCUT2D eigenvalue weighted by Gasteiger charge is 2.33. The van der Waals surface area contributed by atoms with Gasteiger partial charge >= 0.3 is 5.97 Å². The molecule has 1 N–H and O–H groups in total. The maximum absolute atomic E-state index is 12.9. The summed E-state index contributed by atoms with van der Waals surface area (Å²) in [5.41, 5.74) is 3.73. The number of rotatable bonds is 5. The minimum atomic E-state index is -0.387. The van der Waals surface area contributed by atoms with Gasteiger partial charge in [-0.3, -0.25) is 4.79 Å². The standard InChI is InChI=1S/C20H22ClNO3/c1-3-7-14-18-16(22-19(14)20(24)25-4-2)10-12(11-17(18)23)13-8-5-6-9-15(13)21/h5-6,8-9,12,22H,3-4,7,10-11H2,1-2H3/t12-/m1/s1. The Balaban J connectivity index is 2.01. The number of Topliss-reactive ketones (excluding diaryl/α,β-unsaturated/α-hetero) is 1. The first kappa shape index (κ1) is 17.7. The first-order valence-corrected chi connectivity index (χ1v) is 9.13. The van der Waals surface area contributed by atoms with E-state index in [1.807, 2.05) is 31.2 Å². The van der Waals surface area contributed by atoms with Crippen LogP contribution in [0.5, 0.6) is 0 Å². The second kappa shape index (κ2) is 7.44. The zero-order valence-electron chi connectivity index (χ0n) is 14.5. The largest absolute Gasteiger partial charge is 0.461 e. The molecule has 0 spiro atoms. The van der Waals surface area contributed by atoms with Crippen molar-refractivity contribution in [3.63, 3.8) is 0 Å². The number of fused-ring (bicyclic) bond motifs is 1. The molecule has 1 aromatic carbocycles. The third kappa shape index (κ3) is 3.36. The van der Waals surface area contributed by atoms with Crippen LogP contribution in [0, 0.1) is 0 Å². The fraction of sp³-hybridized carbons (Fsp3) is 0.400. The quantitative estimate of drug-likeness (QED) is 0.786. The number of hydrogen-bond acceptors (Lipinski definition) is 3. The topological polar surface area (TPSA) is 59.2 Å². The van der Waals surface area contributed by atoms with Crippen LogP contribution in [0.25, 0.3) is 0 Å². The molecule has 1 atom stereocenters. The number of carbonyl (C=O) groups is 2. The molecule has 0 saturated heterocycles. The van der Waals surface area contributed by atoms with Crippen molar-refractivity contribution in [2.75, 3.05) is 6.61 Å². The predicted octanol–water partition coefficient (Wildman–Crippen LogP) is 4.71. The summed E-state index contributed by atoms with van der Waals surface area (Å²) >= 11 is 6.31. The zero-order valence-corrected chi connectivity index (χ0v) is 15.3. The Labute approximate surface area is 152 Å². The van der Waals surface area contributed by atoms with Crippen molar-refractivity contribution < 1.29 is 14.3 Å². The maximum atomic E-state index is 12.9. The maximum Gasteiger partial charge on any atom is 0.355 e. The van der Waals surface area contributed by atoms with Crippen LogP contribution in [0.3, 0.4) is 0 Å². The molecule has 0 bridgehead atoms. The molecule has 4 nitrogen and oxygen atoms in total. The summed E-state index contributed by atoms with van der Waals surface area (Å²) in [4.78, 5) is 28.3. The zero-order chi connectivity index (χ0) is 18.0. The molecule has 0 amide bonds. The van der Waals surface area contributed by atoms with Crippen LogP contribution in [0.15, 0.2) is 24.3 Å². The van der Waals surface area contributed by atoms with E-state index < -0.39 is 0 Å². The number of nitrogens with one attached hydrogen (secondary N) is 1. The second-order valence-electron chi connectivity index (χ2n) is 6.35. The lowest BCUT2D eigenvalue weighted by molar-refractivity contribution is 0.0518. The third-order valence-corrected chi connectivity index (χ3v) is 5.01. The van der Waals surface area contributed by atoms with Crippen molar-refractivity contribution in [2.45, 2.75) is 45.4 Å². The molecule has 1 aliphatic carbocycles. The van der Waals surface area contributed by atoms with Gasteiger partial charge in [0.2, 0.25) is 0 Å². The lowest BCUT2D eigenvalue weighted by Gasteiger charge is -2.23. The number of ether oxygens (including phenoxy) is 1. The van der Waals surface area contributed by atoms with E-state index in [1.165, 1.54) is 0 Å². The molecule has 0 saturated carbocycles. The van der Waals surface area contributed by atoms with E-state index in [9.17, 15) is 9.59 Å². The van der Waals surface area contributed by atoms with Crippen LogP contribution in [0.2, 0.25) is 5.02 Å². The van der Waals surface area contributed by atoms with E-state index in [1.54, 1.807) is 6.92 Å². The van der Waals surface area contributed by atoms with Gasteiger partial charge in [-0.1, -0.05) is 43.1 Å². The van der Waals surface area contributed by atoms with E-state index in [0.29, 0.717) is 42.1 Å². The van der Waals surface area contributed by atoms with E-state index >= 15 is 0 Å². The SMILES string of the molecule is CCCc1c(C(=O)OCC)[nH]c2c1C(=O)C[C@H](c1ccccc1Cl)C2. The van der Waals surface area contributed by atoms with Gasteiger partial charge in [0.05, 0.1) is 6.61 Å². The molecule has 5 heteroatoms. The molecule has 0 radical (unpaired) electrons. The number of carbonyl (C=O) groups excluding carboxylic acids is 2. The smallest absolute Gasteiger partial charge is 0.355 e. The van der Waals surface area contributed by atoms with Crippen LogP contribution in [0.1, 0.15) is 70.3 Å². The molecule has 0 fully saturated rings. The van der Waals surface area contributed by atoms with Crippen molar-refractivity contribution in [1.29, 1.82) is 0 Å². The van der Waals surface area contributed by atoms with Crippen molar-refractivity contribution >= 4 is 23.4 Å². The molecule has 132 valence electrons. The predicted molar refractivity (Wildman–Crippen MR) is 97.6 cm³/mol. The second-order valence-corrected chi connectivity index (χ2v) is 6.76. The summed E-state index contributed by atoms with van der Waals surface area (Å²) in [5.74, 6) is -0.291. The number of halogens is 1. The lowest BCUT2D eigenvalue weighted by atomic mass is 9.81. The molecular formula is C20H22ClNO3. The van der Waals surface area contributed by atoms with Crippen LogP contribution in [-0.2, 0) is 17.6 Å². The molecule has 0 unspecified atom stereocenters. The summed E-state index contributed by atoms with van der Waals surface area (Å²) in [5, 5.41) is 0.676. The van der Waals surface area contributed by atoms with E-state index in [4.69, 9.17) is 16.3 Å². The van der Waals surface area contributed by atoms with Gasteiger partial charge < -0.3 is 9.72 Å². The molecule has 3 rings (SSSR count). The number of ketones is 1. The Kier molecular flexibility index (Phi) is 5.28. The number of aromatic nitrogens is 1. The van der Waals surface area contributed by atoms with Crippen molar-refractivity contribution in [2.24, 2.45) is 0 Å². The fourth-order valence-electron chi connectivity index (χ4n) is 3.63. The number of aromatic amines is 1. The van der Waals surface area contributed by atoms with Crippen LogP contribution >= 0.6 is 11.6 Å². The number of benzene rings is 1. The average Bonchev–Trinajstić information content (AvgIpc) is 2.95. The van der Waals surface area contributed by atoms with Gasteiger partial charge in [-0.25, -0.2) is 4.79 Å². The molecule has 1 aromatic heterocycles. The van der Waals surface area contributed by atoms with Crippen molar-refractivity contribution in [3.05, 3.63) is 57.4 Å². The van der Waals surface area contributed by atoms with Gasteiger partial charge in [0.25, 0.3) is 0 Å². The van der Waals surface area contributed by atoms with Crippen molar-refractivity contribution in [3.8, 4) is 0 Å². The van der Waals surface area contributed by atoms with Crippen LogP contribution < -0.4 is 0 Å². The molecule has 2 aromatic rings. The summed E-state index contributed by atoms with van der Waals surface area (Å²) in [7, 11) is 0. The van der Waals surface area contributed by atoms with Crippen LogP contribution in [0.4, 0.5) is 0 Å². The first-order chi connectivity index (χ1) is 12.1. The lowest BCUT2D eigenvalue weighted by Crippen LogP contribution is -2.19. The Hall–Kier alpha value is -2.07. The summed E-state index contributed by atoms with van der Waals surface area (Å²) in [6.07, 6.45) is 2.62. The van der Waals surface area contributed by atoms with Gasteiger partial charge in [0, 0.05) is 22.7 Å². The molecule has 25 heavy (non-hydrogen) atoms. The number of esters is 1. The Morgan fingerprint density at radius 3 is 2.72 bits per heavy atom. The van der Waals surface area contributed by atoms with Gasteiger partial charge in [0.1, 0.15) is 5.69 Å². The summed E-state index contributed by atoms with van der Waals surface area (Å²) in [6, 6.07) is 7.63. The van der Waals surface area contributed by atoms with E-state index in [0.717, 1.165) is 23.2 Å². The first-order valence-electron chi connectivity index (χ1n) is 8.75. The van der Waals surface area contributed by atoms with E-state index in [-0.39, 0.29) is 17.7 Å². The van der Waals surface area contributed by atoms with Crippen molar-refractivity contribution in [1.82, 2.24) is 4.98 Å².